The number of methoxy groups -OCH3 is 1. The number of ether oxygens (including phenoxy) is 1. The van der Waals surface area contributed by atoms with Gasteiger partial charge in [-0.1, -0.05) is 12.1 Å². The Morgan fingerprint density at radius 1 is 1.22 bits per heavy atom. The molecule has 2 aromatic carbocycles. The van der Waals surface area contributed by atoms with Crippen LogP contribution >= 0.6 is 0 Å². The Kier molecular flexibility index (Phi) is 5.52. The van der Waals surface area contributed by atoms with Crippen molar-refractivity contribution in [3.63, 3.8) is 0 Å². The number of fused-ring (bicyclic) bond motifs is 1. The van der Waals surface area contributed by atoms with Gasteiger partial charge in [-0.2, -0.15) is 0 Å². The summed E-state index contributed by atoms with van der Waals surface area (Å²) in [5.74, 6) is 1.18. The molecule has 0 saturated carbocycles. The summed E-state index contributed by atoms with van der Waals surface area (Å²) in [5.41, 5.74) is 1.19. The second-order valence-corrected chi connectivity index (χ2v) is 6.49. The van der Waals surface area contributed by atoms with Crippen LogP contribution < -0.4 is 20.5 Å². The number of nitrogens with one attached hydrogen (secondary N) is 3. The van der Waals surface area contributed by atoms with Gasteiger partial charge in [-0.05, 0) is 43.3 Å². The van der Waals surface area contributed by atoms with Gasteiger partial charge in [0.25, 0.3) is 11.5 Å². The van der Waals surface area contributed by atoms with Crippen LogP contribution in [0.5, 0.6) is 5.75 Å². The van der Waals surface area contributed by atoms with Crippen LogP contribution in [-0.4, -0.2) is 36.6 Å². The Bertz CT molecular complexity index is 998. The summed E-state index contributed by atoms with van der Waals surface area (Å²) in [5, 5.41) is 3.42. The zero-order valence-corrected chi connectivity index (χ0v) is 15.6. The van der Waals surface area contributed by atoms with Crippen molar-refractivity contribution in [2.24, 2.45) is 0 Å². The minimum atomic E-state index is -0.169. The molecule has 0 aliphatic heterocycles. The van der Waals surface area contributed by atoms with Gasteiger partial charge in [0.2, 0.25) is 0 Å². The molecule has 3 rings (SSSR count). The van der Waals surface area contributed by atoms with Crippen LogP contribution in [0, 0.1) is 0 Å². The van der Waals surface area contributed by atoms with E-state index in [-0.39, 0.29) is 24.1 Å². The maximum absolute atomic E-state index is 12.3. The zero-order valence-electron chi connectivity index (χ0n) is 15.6. The molecule has 7 heteroatoms. The number of H-pyrrole nitrogens is 1. The number of para-hydroxylation sites is 1. The number of hydrogen-bond donors (Lipinski definition) is 3. The molecule has 140 valence electrons. The Labute approximate surface area is 157 Å². The quantitative estimate of drug-likeness (QED) is 0.610. The molecule has 1 aromatic heterocycles. The molecule has 3 aromatic rings. The Balaban J connectivity index is 1.68. The van der Waals surface area contributed by atoms with Crippen molar-refractivity contribution in [1.29, 1.82) is 0 Å². The van der Waals surface area contributed by atoms with Gasteiger partial charge >= 0.3 is 0 Å². The second kappa shape index (κ2) is 8.01. The van der Waals surface area contributed by atoms with Gasteiger partial charge in [0.05, 0.1) is 25.1 Å². The Morgan fingerprint density at radius 2 is 1.93 bits per heavy atom. The third-order valence-electron chi connectivity index (χ3n) is 4.59. The van der Waals surface area contributed by atoms with Crippen LogP contribution in [0.2, 0.25) is 0 Å². The number of quaternary nitrogens is 1. The first-order valence-corrected chi connectivity index (χ1v) is 8.73. The van der Waals surface area contributed by atoms with Crippen LogP contribution in [0.25, 0.3) is 10.9 Å². The van der Waals surface area contributed by atoms with Crippen molar-refractivity contribution in [2.45, 2.75) is 13.0 Å². The number of nitrogens with zero attached hydrogens (tertiary/aromatic N) is 1. The fourth-order valence-corrected chi connectivity index (χ4v) is 2.83. The van der Waals surface area contributed by atoms with Gasteiger partial charge in [-0.15, -0.1) is 0 Å². The SMILES string of the molecule is COc1ccc(NC(=O)C[NH+](C)[C@H](C)c2nc3ccccc3c(=O)[nH]2)cc1. The number of carbonyl (C=O) groups is 1. The number of anilines is 1. The van der Waals surface area contributed by atoms with E-state index in [0.717, 1.165) is 10.6 Å². The van der Waals surface area contributed by atoms with Crippen molar-refractivity contribution in [3.8, 4) is 5.75 Å². The van der Waals surface area contributed by atoms with Crippen LogP contribution in [0.4, 0.5) is 5.69 Å². The lowest BCUT2D eigenvalue weighted by Gasteiger charge is -2.20. The van der Waals surface area contributed by atoms with Crippen LogP contribution in [0.1, 0.15) is 18.8 Å². The number of carbonyl (C=O) groups excluding carboxylic acids is 1. The Morgan fingerprint density at radius 3 is 2.63 bits per heavy atom. The fraction of sp³-hybridized carbons (Fsp3) is 0.250. The molecular formula is C20H23N4O3+. The molecule has 1 unspecified atom stereocenters. The molecule has 1 heterocycles. The highest BCUT2D eigenvalue weighted by Crippen LogP contribution is 2.14. The van der Waals surface area contributed by atoms with Crippen molar-refractivity contribution in [1.82, 2.24) is 9.97 Å². The molecule has 0 saturated heterocycles. The van der Waals surface area contributed by atoms with E-state index >= 15 is 0 Å². The Hall–Kier alpha value is -3.19. The van der Waals surface area contributed by atoms with E-state index < -0.39 is 0 Å². The van der Waals surface area contributed by atoms with Crippen LogP contribution in [0.3, 0.4) is 0 Å². The standard InChI is InChI=1S/C20H22N4O3/c1-13(19-22-17-7-5-4-6-16(17)20(26)23-19)24(2)12-18(25)21-14-8-10-15(27-3)11-9-14/h4-11,13H,12H2,1-3H3,(H,21,25)(H,22,23,26)/p+1/t13-/m1/s1. The highest BCUT2D eigenvalue weighted by atomic mass is 16.5. The van der Waals surface area contributed by atoms with E-state index in [9.17, 15) is 9.59 Å². The molecule has 0 aliphatic carbocycles. The van der Waals surface area contributed by atoms with Crippen LogP contribution in [0.15, 0.2) is 53.3 Å². The lowest BCUT2D eigenvalue weighted by molar-refractivity contribution is -0.902. The lowest BCUT2D eigenvalue weighted by Crippen LogP contribution is -3.10. The topological polar surface area (TPSA) is 88.5 Å². The monoisotopic (exact) mass is 367 g/mol. The van der Waals surface area contributed by atoms with Gasteiger partial charge in [0, 0.05) is 5.69 Å². The second-order valence-electron chi connectivity index (χ2n) is 6.49. The van der Waals surface area contributed by atoms with Gasteiger partial charge < -0.3 is 19.9 Å². The van der Waals surface area contributed by atoms with Crippen molar-refractivity contribution < 1.29 is 14.4 Å². The highest BCUT2D eigenvalue weighted by Gasteiger charge is 2.21. The molecule has 0 aliphatic rings. The number of benzene rings is 2. The largest absolute Gasteiger partial charge is 0.497 e. The van der Waals surface area contributed by atoms with E-state index in [1.54, 1.807) is 37.4 Å². The zero-order chi connectivity index (χ0) is 19.4. The van der Waals surface area contributed by atoms with E-state index in [0.29, 0.717) is 22.4 Å². The number of likely N-dealkylation sites (N-methyl/N-ethyl adjacent to an activating group) is 1. The average Bonchev–Trinajstić information content (AvgIpc) is 2.67. The molecule has 27 heavy (non-hydrogen) atoms. The number of amides is 1. The number of aromatic amines is 1. The first kappa shape index (κ1) is 18.6. The molecule has 1 amide bonds. The minimum absolute atomic E-state index is 0.118. The molecule has 3 N–H and O–H groups in total. The summed E-state index contributed by atoms with van der Waals surface area (Å²) in [6.45, 7) is 2.17. The first-order valence-electron chi connectivity index (χ1n) is 8.73. The van der Waals surface area contributed by atoms with Gasteiger partial charge in [-0.3, -0.25) is 9.59 Å². The molecule has 0 spiro atoms. The predicted octanol–water partition coefficient (Wildman–Crippen LogP) is 1.15. The number of rotatable bonds is 6. The molecule has 7 nitrogen and oxygen atoms in total. The highest BCUT2D eigenvalue weighted by molar-refractivity contribution is 5.91. The number of hydrogen-bond acceptors (Lipinski definition) is 4. The number of aromatic nitrogens is 2. The molecule has 0 radical (unpaired) electrons. The van der Waals surface area contributed by atoms with Crippen molar-refractivity contribution in [2.75, 3.05) is 26.0 Å². The maximum atomic E-state index is 12.3. The molecular weight excluding hydrogens is 344 g/mol. The molecule has 0 bridgehead atoms. The third-order valence-corrected chi connectivity index (χ3v) is 4.59. The van der Waals surface area contributed by atoms with Gasteiger partial charge in [0.1, 0.15) is 11.8 Å². The summed E-state index contributed by atoms with van der Waals surface area (Å²) in [4.78, 5) is 32.9. The summed E-state index contributed by atoms with van der Waals surface area (Å²) in [6, 6.07) is 14.2. The predicted molar refractivity (Wildman–Crippen MR) is 104 cm³/mol. The van der Waals surface area contributed by atoms with Crippen molar-refractivity contribution >= 4 is 22.5 Å². The van der Waals surface area contributed by atoms with Crippen LogP contribution in [-0.2, 0) is 4.79 Å². The summed E-state index contributed by atoms with van der Waals surface area (Å²) < 4.78 is 5.11. The summed E-state index contributed by atoms with van der Waals surface area (Å²) in [6.07, 6.45) is 0. The molecule has 0 fully saturated rings. The molecule has 2 atom stereocenters. The van der Waals surface area contributed by atoms with E-state index in [1.807, 2.05) is 32.2 Å². The fourth-order valence-electron chi connectivity index (χ4n) is 2.83. The minimum Gasteiger partial charge on any atom is -0.497 e. The maximum Gasteiger partial charge on any atom is 0.279 e. The first-order chi connectivity index (χ1) is 13.0. The van der Waals surface area contributed by atoms with E-state index in [4.69, 9.17) is 4.74 Å². The van der Waals surface area contributed by atoms with Crippen molar-refractivity contribution in [3.05, 3.63) is 64.7 Å². The van der Waals surface area contributed by atoms with E-state index in [1.165, 1.54) is 0 Å². The average molecular weight is 367 g/mol. The van der Waals surface area contributed by atoms with E-state index in [2.05, 4.69) is 15.3 Å². The van der Waals surface area contributed by atoms with Gasteiger partial charge in [-0.25, -0.2) is 4.98 Å². The summed E-state index contributed by atoms with van der Waals surface area (Å²) in [7, 11) is 3.49. The third kappa shape index (κ3) is 4.32. The smallest absolute Gasteiger partial charge is 0.279 e. The normalized spacial score (nSPS) is 13.1. The van der Waals surface area contributed by atoms with Gasteiger partial charge in [0.15, 0.2) is 12.4 Å². The summed E-state index contributed by atoms with van der Waals surface area (Å²) >= 11 is 0. The lowest BCUT2D eigenvalue weighted by atomic mass is 10.2.